The first-order valence-electron chi connectivity index (χ1n) is 6.16. The summed E-state index contributed by atoms with van der Waals surface area (Å²) in [7, 11) is 3.94. The Kier molecular flexibility index (Phi) is 5.69. The lowest BCUT2D eigenvalue weighted by Crippen LogP contribution is -2.52. The highest BCUT2D eigenvalue weighted by Crippen LogP contribution is 2.28. The average Bonchev–Trinajstić information content (AvgIpc) is 3.08. The molecule has 1 aliphatic carbocycles. The zero-order valence-electron chi connectivity index (χ0n) is 10.8. The van der Waals surface area contributed by atoms with Gasteiger partial charge in [-0.25, -0.2) is 0 Å². The van der Waals surface area contributed by atoms with Crippen LogP contribution in [0.1, 0.15) is 19.8 Å². The molecular formula is C12H26N2O2. The summed E-state index contributed by atoms with van der Waals surface area (Å²) in [6, 6.07) is 0. The lowest BCUT2D eigenvalue weighted by atomic mass is 10.0. The largest absolute Gasteiger partial charge is 0.394 e. The van der Waals surface area contributed by atoms with E-state index >= 15 is 0 Å². The van der Waals surface area contributed by atoms with Crippen molar-refractivity contribution in [2.24, 2.45) is 5.92 Å². The number of likely N-dealkylation sites (N-methyl/N-ethyl adjacent to an activating group) is 2. The number of nitrogens with one attached hydrogen (secondary N) is 1. The van der Waals surface area contributed by atoms with Crippen molar-refractivity contribution >= 4 is 0 Å². The van der Waals surface area contributed by atoms with E-state index < -0.39 is 0 Å². The molecule has 96 valence electrons. The fraction of sp³-hybridized carbons (Fsp3) is 1.00. The molecule has 1 rings (SSSR count). The van der Waals surface area contributed by atoms with Gasteiger partial charge in [0, 0.05) is 19.7 Å². The van der Waals surface area contributed by atoms with Crippen LogP contribution in [0.3, 0.4) is 0 Å². The Bertz CT molecular complexity index is 191. The molecule has 0 heterocycles. The first-order chi connectivity index (χ1) is 7.59. The van der Waals surface area contributed by atoms with Gasteiger partial charge in [-0.3, -0.25) is 0 Å². The summed E-state index contributed by atoms with van der Waals surface area (Å²) in [5.74, 6) is 0.838. The zero-order chi connectivity index (χ0) is 12.0. The predicted octanol–water partition coefficient (Wildman–Crippen LogP) is 0.315. The van der Waals surface area contributed by atoms with Gasteiger partial charge < -0.3 is 20.1 Å². The maximum atomic E-state index is 9.27. The van der Waals surface area contributed by atoms with E-state index in [4.69, 9.17) is 4.74 Å². The standard InChI is InChI=1S/C12H26N2O2/c1-12(10-15,13-2)9-14(3)6-7-16-8-11-4-5-11/h11,13,15H,4-10H2,1-3H3. The number of rotatable bonds is 9. The van der Waals surface area contributed by atoms with E-state index in [9.17, 15) is 5.11 Å². The predicted molar refractivity (Wildman–Crippen MR) is 65.6 cm³/mol. The molecule has 0 aromatic rings. The van der Waals surface area contributed by atoms with Crippen LogP contribution in [-0.2, 0) is 4.74 Å². The molecule has 0 aromatic carbocycles. The molecule has 0 radical (unpaired) electrons. The monoisotopic (exact) mass is 230 g/mol. The average molecular weight is 230 g/mol. The molecule has 2 N–H and O–H groups in total. The molecule has 0 amide bonds. The second kappa shape index (κ2) is 6.55. The van der Waals surface area contributed by atoms with E-state index in [1.807, 2.05) is 14.0 Å². The summed E-state index contributed by atoms with van der Waals surface area (Å²) in [5.41, 5.74) is -0.217. The number of aliphatic hydroxyl groups excluding tert-OH is 1. The Morgan fingerprint density at radius 3 is 2.69 bits per heavy atom. The van der Waals surface area contributed by atoms with Crippen LogP contribution < -0.4 is 5.32 Å². The van der Waals surface area contributed by atoms with Gasteiger partial charge in [0.05, 0.1) is 18.8 Å². The Morgan fingerprint density at radius 1 is 1.50 bits per heavy atom. The second-order valence-corrected chi connectivity index (χ2v) is 5.22. The topological polar surface area (TPSA) is 44.7 Å². The quantitative estimate of drug-likeness (QED) is 0.560. The van der Waals surface area contributed by atoms with Crippen molar-refractivity contribution in [3.63, 3.8) is 0 Å². The van der Waals surface area contributed by atoms with Gasteiger partial charge in [0.25, 0.3) is 0 Å². The van der Waals surface area contributed by atoms with Gasteiger partial charge in [0.1, 0.15) is 0 Å². The Morgan fingerprint density at radius 2 is 2.19 bits per heavy atom. The number of hydrogen-bond donors (Lipinski definition) is 2. The molecule has 1 fully saturated rings. The minimum Gasteiger partial charge on any atom is -0.394 e. The van der Waals surface area contributed by atoms with E-state index in [1.165, 1.54) is 12.8 Å². The summed E-state index contributed by atoms with van der Waals surface area (Å²) < 4.78 is 5.59. The van der Waals surface area contributed by atoms with Crippen LogP contribution in [0, 0.1) is 5.92 Å². The van der Waals surface area contributed by atoms with Crippen molar-refractivity contribution < 1.29 is 9.84 Å². The van der Waals surface area contributed by atoms with Crippen molar-refractivity contribution in [2.45, 2.75) is 25.3 Å². The number of ether oxygens (including phenoxy) is 1. The van der Waals surface area contributed by atoms with E-state index in [1.54, 1.807) is 0 Å². The molecule has 0 aromatic heterocycles. The van der Waals surface area contributed by atoms with E-state index in [-0.39, 0.29) is 12.1 Å². The SMILES string of the molecule is CNC(C)(CO)CN(C)CCOCC1CC1. The van der Waals surface area contributed by atoms with Gasteiger partial charge in [-0.2, -0.15) is 0 Å². The van der Waals surface area contributed by atoms with Gasteiger partial charge in [-0.1, -0.05) is 0 Å². The highest BCUT2D eigenvalue weighted by atomic mass is 16.5. The van der Waals surface area contributed by atoms with Crippen LogP contribution in [0.25, 0.3) is 0 Å². The van der Waals surface area contributed by atoms with Gasteiger partial charge >= 0.3 is 0 Å². The van der Waals surface area contributed by atoms with Crippen LogP contribution in [0.15, 0.2) is 0 Å². The van der Waals surface area contributed by atoms with Gasteiger partial charge in [-0.05, 0) is 39.8 Å². The van der Waals surface area contributed by atoms with Gasteiger partial charge in [0.15, 0.2) is 0 Å². The third-order valence-electron chi connectivity index (χ3n) is 3.24. The van der Waals surface area contributed by atoms with E-state index in [0.717, 1.165) is 32.2 Å². The molecule has 1 atom stereocenters. The highest BCUT2D eigenvalue weighted by Gasteiger charge is 2.23. The lowest BCUT2D eigenvalue weighted by Gasteiger charge is -2.31. The van der Waals surface area contributed by atoms with Gasteiger partial charge in [0.2, 0.25) is 0 Å². The number of hydrogen-bond acceptors (Lipinski definition) is 4. The molecule has 0 aliphatic heterocycles. The van der Waals surface area contributed by atoms with Gasteiger partial charge in [-0.15, -0.1) is 0 Å². The number of aliphatic hydroxyl groups is 1. The Balaban J connectivity index is 2.05. The molecule has 4 heteroatoms. The summed E-state index contributed by atoms with van der Waals surface area (Å²) >= 11 is 0. The van der Waals surface area contributed by atoms with E-state index in [2.05, 4.69) is 17.3 Å². The molecule has 4 nitrogen and oxygen atoms in total. The first kappa shape index (κ1) is 13.9. The minimum atomic E-state index is -0.217. The minimum absolute atomic E-state index is 0.150. The van der Waals surface area contributed by atoms with E-state index in [0.29, 0.717) is 0 Å². The van der Waals surface area contributed by atoms with Crippen LogP contribution in [0.4, 0.5) is 0 Å². The highest BCUT2D eigenvalue weighted by molar-refractivity contribution is 4.83. The van der Waals surface area contributed by atoms with Crippen LogP contribution in [-0.4, -0.2) is 62.6 Å². The Labute approximate surface area is 99.0 Å². The summed E-state index contributed by atoms with van der Waals surface area (Å²) in [6.07, 6.45) is 2.69. The summed E-state index contributed by atoms with van der Waals surface area (Å²) in [5, 5.41) is 12.4. The van der Waals surface area contributed by atoms with Crippen molar-refractivity contribution in [3.8, 4) is 0 Å². The molecule has 0 spiro atoms. The smallest absolute Gasteiger partial charge is 0.0623 e. The molecule has 1 unspecified atom stereocenters. The number of nitrogens with zero attached hydrogens (tertiary/aromatic N) is 1. The fourth-order valence-electron chi connectivity index (χ4n) is 1.64. The molecule has 0 saturated heterocycles. The van der Waals surface area contributed by atoms with Crippen molar-refractivity contribution in [2.75, 3.05) is 47.0 Å². The molecule has 1 saturated carbocycles. The lowest BCUT2D eigenvalue weighted by molar-refractivity contribution is 0.0848. The molecule has 16 heavy (non-hydrogen) atoms. The first-order valence-corrected chi connectivity index (χ1v) is 6.16. The van der Waals surface area contributed by atoms with Crippen molar-refractivity contribution in [1.82, 2.24) is 10.2 Å². The van der Waals surface area contributed by atoms with Crippen LogP contribution >= 0.6 is 0 Å². The van der Waals surface area contributed by atoms with Crippen molar-refractivity contribution in [1.29, 1.82) is 0 Å². The normalized spacial score (nSPS) is 20.1. The van der Waals surface area contributed by atoms with Crippen molar-refractivity contribution in [3.05, 3.63) is 0 Å². The third kappa shape index (κ3) is 5.25. The summed E-state index contributed by atoms with van der Waals surface area (Å²) in [6.45, 7) is 5.64. The molecule has 0 bridgehead atoms. The third-order valence-corrected chi connectivity index (χ3v) is 3.24. The van der Waals surface area contributed by atoms with Crippen LogP contribution in [0.2, 0.25) is 0 Å². The fourth-order valence-corrected chi connectivity index (χ4v) is 1.64. The molecular weight excluding hydrogens is 204 g/mol. The maximum absolute atomic E-state index is 9.27. The molecule has 1 aliphatic rings. The zero-order valence-corrected chi connectivity index (χ0v) is 10.8. The van der Waals surface area contributed by atoms with Crippen LogP contribution in [0.5, 0.6) is 0 Å². The Hall–Kier alpha value is -0.160. The summed E-state index contributed by atoms with van der Waals surface area (Å²) in [4.78, 5) is 2.19. The maximum Gasteiger partial charge on any atom is 0.0623 e. The second-order valence-electron chi connectivity index (χ2n) is 5.22.